The highest BCUT2D eigenvalue weighted by Gasteiger charge is 2.13. The molecule has 1 atom stereocenters. The van der Waals surface area contributed by atoms with Gasteiger partial charge in [0.2, 0.25) is 0 Å². The lowest BCUT2D eigenvalue weighted by Gasteiger charge is -2.28. The number of methoxy groups -OCH3 is 1. The first-order valence-corrected chi connectivity index (χ1v) is 6.64. The Morgan fingerprint density at radius 3 is 2.67 bits per heavy atom. The second-order valence-corrected chi connectivity index (χ2v) is 4.40. The maximum absolute atomic E-state index is 5.21. The van der Waals surface area contributed by atoms with Crippen LogP contribution in [-0.4, -0.2) is 37.8 Å². The van der Waals surface area contributed by atoms with E-state index in [0.717, 1.165) is 25.5 Å². The fourth-order valence-corrected chi connectivity index (χ4v) is 1.99. The zero-order valence-corrected chi connectivity index (χ0v) is 11.9. The van der Waals surface area contributed by atoms with Crippen LogP contribution < -0.4 is 10.2 Å². The summed E-state index contributed by atoms with van der Waals surface area (Å²) in [6, 6.07) is 4.56. The highest BCUT2D eigenvalue weighted by atomic mass is 16.5. The lowest BCUT2D eigenvalue weighted by molar-refractivity contribution is 0.181. The molecule has 0 aromatic carbocycles. The van der Waals surface area contributed by atoms with Gasteiger partial charge < -0.3 is 15.0 Å². The van der Waals surface area contributed by atoms with E-state index in [2.05, 4.69) is 48.1 Å². The molecule has 0 spiro atoms. The summed E-state index contributed by atoms with van der Waals surface area (Å²) in [6.45, 7) is 9.91. The average Bonchev–Trinajstić information content (AvgIpc) is 2.39. The molecule has 18 heavy (non-hydrogen) atoms. The number of anilines is 1. The lowest BCUT2D eigenvalue weighted by Crippen LogP contribution is -2.36. The van der Waals surface area contributed by atoms with Gasteiger partial charge in [0, 0.05) is 26.4 Å². The number of nitrogens with one attached hydrogen (secondary N) is 1. The lowest BCUT2D eigenvalue weighted by atomic mass is 10.2. The van der Waals surface area contributed by atoms with Crippen molar-refractivity contribution in [3.05, 3.63) is 23.9 Å². The third-order valence-electron chi connectivity index (χ3n) is 2.96. The number of rotatable bonds is 8. The smallest absolute Gasteiger partial charge is 0.128 e. The number of ether oxygens (including phenoxy) is 1. The number of pyridine rings is 1. The van der Waals surface area contributed by atoms with Crippen LogP contribution in [0.4, 0.5) is 5.82 Å². The molecule has 0 bridgehead atoms. The van der Waals surface area contributed by atoms with Crippen molar-refractivity contribution in [3.8, 4) is 0 Å². The maximum atomic E-state index is 5.21. The van der Waals surface area contributed by atoms with Crippen LogP contribution >= 0.6 is 0 Å². The van der Waals surface area contributed by atoms with Gasteiger partial charge in [-0.1, -0.05) is 13.0 Å². The molecule has 0 saturated carbocycles. The van der Waals surface area contributed by atoms with Crippen molar-refractivity contribution in [2.45, 2.75) is 33.4 Å². The normalized spacial score (nSPS) is 12.4. The Hall–Kier alpha value is -1.13. The predicted molar refractivity (Wildman–Crippen MR) is 76.0 cm³/mol. The molecular formula is C14H25N3O. The van der Waals surface area contributed by atoms with Crippen molar-refractivity contribution in [1.82, 2.24) is 10.3 Å². The van der Waals surface area contributed by atoms with Gasteiger partial charge >= 0.3 is 0 Å². The Kier molecular flexibility index (Phi) is 6.68. The zero-order chi connectivity index (χ0) is 13.4. The van der Waals surface area contributed by atoms with Crippen molar-refractivity contribution in [1.29, 1.82) is 0 Å². The first-order chi connectivity index (χ1) is 8.72. The molecule has 0 radical (unpaired) electrons. The number of hydrogen-bond donors (Lipinski definition) is 1. The monoisotopic (exact) mass is 251 g/mol. The van der Waals surface area contributed by atoms with E-state index in [9.17, 15) is 0 Å². The molecule has 0 saturated heterocycles. The summed E-state index contributed by atoms with van der Waals surface area (Å²) in [5.74, 6) is 1.02. The summed E-state index contributed by atoms with van der Waals surface area (Å²) in [5, 5.41) is 3.30. The Bertz CT molecular complexity index is 326. The van der Waals surface area contributed by atoms with Crippen molar-refractivity contribution in [2.75, 3.05) is 31.7 Å². The third-order valence-corrected chi connectivity index (χ3v) is 2.96. The van der Waals surface area contributed by atoms with Gasteiger partial charge in [-0.05, 0) is 32.0 Å². The van der Waals surface area contributed by atoms with E-state index in [-0.39, 0.29) is 0 Å². The summed E-state index contributed by atoms with van der Waals surface area (Å²) in [6.07, 6.45) is 1.94. The van der Waals surface area contributed by atoms with Gasteiger partial charge in [0.25, 0.3) is 0 Å². The Morgan fingerprint density at radius 1 is 1.39 bits per heavy atom. The van der Waals surface area contributed by atoms with E-state index in [1.807, 2.05) is 6.20 Å². The fourth-order valence-electron chi connectivity index (χ4n) is 1.99. The molecule has 0 aliphatic carbocycles. The van der Waals surface area contributed by atoms with E-state index in [4.69, 9.17) is 4.74 Å². The summed E-state index contributed by atoms with van der Waals surface area (Å²) >= 11 is 0. The molecular weight excluding hydrogens is 226 g/mol. The molecule has 0 amide bonds. The second kappa shape index (κ2) is 8.06. The highest BCUT2D eigenvalue weighted by Crippen LogP contribution is 2.14. The minimum atomic E-state index is 0.340. The summed E-state index contributed by atoms with van der Waals surface area (Å²) in [4.78, 5) is 6.79. The minimum absolute atomic E-state index is 0.340. The molecule has 1 rings (SSSR count). The first-order valence-electron chi connectivity index (χ1n) is 6.64. The van der Waals surface area contributed by atoms with Crippen LogP contribution in [-0.2, 0) is 11.3 Å². The van der Waals surface area contributed by atoms with Gasteiger partial charge in [-0.15, -0.1) is 0 Å². The molecule has 0 fully saturated rings. The van der Waals surface area contributed by atoms with Crippen molar-refractivity contribution in [2.24, 2.45) is 0 Å². The van der Waals surface area contributed by atoms with E-state index in [1.54, 1.807) is 7.11 Å². The molecule has 1 aromatic heterocycles. The van der Waals surface area contributed by atoms with Gasteiger partial charge in [0.15, 0.2) is 0 Å². The topological polar surface area (TPSA) is 37.4 Å². The van der Waals surface area contributed by atoms with Crippen LogP contribution in [0, 0.1) is 0 Å². The molecule has 0 aliphatic heterocycles. The Labute approximate surface area is 110 Å². The SMILES string of the molecule is CCNCc1ccc(N(CC)C(C)COC)nc1. The molecule has 1 N–H and O–H groups in total. The number of aromatic nitrogens is 1. The summed E-state index contributed by atoms with van der Waals surface area (Å²) in [7, 11) is 1.73. The zero-order valence-electron chi connectivity index (χ0n) is 11.9. The standard InChI is InChI=1S/C14H25N3O/c1-5-15-9-13-7-8-14(16-10-13)17(6-2)12(3)11-18-4/h7-8,10,12,15H,5-6,9,11H2,1-4H3. The van der Waals surface area contributed by atoms with E-state index in [0.29, 0.717) is 12.6 Å². The minimum Gasteiger partial charge on any atom is -0.383 e. The van der Waals surface area contributed by atoms with Crippen LogP contribution in [0.5, 0.6) is 0 Å². The largest absolute Gasteiger partial charge is 0.383 e. The highest BCUT2D eigenvalue weighted by molar-refractivity contribution is 5.40. The third kappa shape index (κ3) is 4.27. The molecule has 102 valence electrons. The van der Waals surface area contributed by atoms with Crippen molar-refractivity contribution in [3.63, 3.8) is 0 Å². The van der Waals surface area contributed by atoms with Crippen molar-refractivity contribution >= 4 is 5.82 Å². The molecule has 4 heteroatoms. The van der Waals surface area contributed by atoms with Crippen LogP contribution in [0.1, 0.15) is 26.3 Å². The summed E-state index contributed by atoms with van der Waals surface area (Å²) in [5.41, 5.74) is 1.22. The average molecular weight is 251 g/mol. The number of hydrogen-bond acceptors (Lipinski definition) is 4. The first kappa shape index (κ1) is 14.9. The van der Waals surface area contributed by atoms with Crippen LogP contribution in [0.2, 0.25) is 0 Å². The van der Waals surface area contributed by atoms with Gasteiger partial charge in [-0.2, -0.15) is 0 Å². The quantitative estimate of drug-likeness (QED) is 0.767. The van der Waals surface area contributed by atoms with Crippen LogP contribution in [0.3, 0.4) is 0 Å². The molecule has 0 aliphatic rings. The predicted octanol–water partition coefficient (Wildman–Crippen LogP) is 2.05. The van der Waals surface area contributed by atoms with E-state index < -0.39 is 0 Å². The van der Waals surface area contributed by atoms with Gasteiger partial charge in [-0.25, -0.2) is 4.98 Å². The summed E-state index contributed by atoms with van der Waals surface area (Å²) < 4.78 is 5.21. The van der Waals surface area contributed by atoms with E-state index in [1.165, 1.54) is 5.56 Å². The Morgan fingerprint density at radius 2 is 2.17 bits per heavy atom. The van der Waals surface area contributed by atoms with Crippen LogP contribution in [0.25, 0.3) is 0 Å². The maximum Gasteiger partial charge on any atom is 0.128 e. The molecule has 4 nitrogen and oxygen atoms in total. The van der Waals surface area contributed by atoms with Crippen molar-refractivity contribution < 1.29 is 4.74 Å². The van der Waals surface area contributed by atoms with Gasteiger partial charge in [0.05, 0.1) is 12.6 Å². The molecule has 1 heterocycles. The van der Waals surface area contributed by atoms with Crippen LogP contribution in [0.15, 0.2) is 18.3 Å². The molecule has 1 unspecified atom stereocenters. The Balaban J connectivity index is 2.69. The van der Waals surface area contributed by atoms with Gasteiger partial charge in [0.1, 0.15) is 5.82 Å². The fraction of sp³-hybridized carbons (Fsp3) is 0.643. The molecule has 1 aromatic rings. The second-order valence-electron chi connectivity index (χ2n) is 4.40. The van der Waals surface area contributed by atoms with Gasteiger partial charge in [-0.3, -0.25) is 0 Å². The number of likely N-dealkylation sites (N-methyl/N-ethyl adjacent to an activating group) is 1. The van der Waals surface area contributed by atoms with E-state index >= 15 is 0 Å². The number of nitrogens with zero attached hydrogens (tertiary/aromatic N) is 2.